The van der Waals surface area contributed by atoms with Crippen molar-refractivity contribution in [3.63, 3.8) is 0 Å². The number of azo groups is 1. The summed E-state index contributed by atoms with van der Waals surface area (Å²) in [5, 5.41) is 29.5. The van der Waals surface area contributed by atoms with E-state index in [4.69, 9.17) is 0 Å². The molecule has 0 fully saturated rings. The van der Waals surface area contributed by atoms with Crippen molar-refractivity contribution >= 4 is 43.7 Å². The Labute approximate surface area is 132 Å². The van der Waals surface area contributed by atoms with Gasteiger partial charge in [-0.3, -0.25) is 20.2 Å². The lowest BCUT2D eigenvalue weighted by Crippen LogP contribution is -1.85. The number of non-ortho nitro benzene ring substituents is 2. The number of benzene rings is 2. The van der Waals surface area contributed by atoms with Crippen molar-refractivity contribution in [1.29, 1.82) is 0 Å². The minimum Gasteiger partial charge on any atom is -0.258 e. The lowest BCUT2D eigenvalue weighted by atomic mass is 10.3. The summed E-state index contributed by atoms with van der Waals surface area (Å²) in [7, 11) is 0. The van der Waals surface area contributed by atoms with Crippen molar-refractivity contribution < 1.29 is 9.85 Å². The van der Waals surface area contributed by atoms with E-state index in [2.05, 4.69) is 15.2 Å². The first-order valence-electron chi connectivity index (χ1n) is 6.24. The zero-order valence-electron chi connectivity index (χ0n) is 11.3. The Morgan fingerprint density at radius 3 is 2.22 bits per heavy atom. The van der Waals surface area contributed by atoms with E-state index in [1.807, 2.05) is 0 Å². The number of hydrogen-bond acceptors (Lipinski definition) is 8. The fourth-order valence-electron chi connectivity index (χ4n) is 1.80. The predicted octanol–water partition coefficient (Wildman–Crippen LogP) is 4.53. The van der Waals surface area contributed by atoms with Crippen LogP contribution < -0.4 is 0 Å². The quantitative estimate of drug-likeness (QED) is 0.395. The molecule has 0 radical (unpaired) electrons. The van der Waals surface area contributed by atoms with E-state index < -0.39 is 9.85 Å². The zero-order valence-corrected chi connectivity index (χ0v) is 12.1. The lowest BCUT2D eigenvalue weighted by Gasteiger charge is -1.91. The zero-order chi connectivity index (χ0) is 16.4. The van der Waals surface area contributed by atoms with Gasteiger partial charge in [0.2, 0.25) is 5.13 Å². The first-order chi connectivity index (χ1) is 11.0. The second-order valence-electron chi connectivity index (χ2n) is 4.38. The molecule has 0 N–H and O–H groups in total. The van der Waals surface area contributed by atoms with E-state index >= 15 is 0 Å². The second kappa shape index (κ2) is 5.85. The van der Waals surface area contributed by atoms with Crippen LogP contribution in [0.25, 0.3) is 10.2 Å². The third kappa shape index (κ3) is 3.16. The molecule has 0 saturated heterocycles. The van der Waals surface area contributed by atoms with Gasteiger partial charge >= 0.3 is 0 Å². The highest BCUT2D eigenvalue weighted by Gasteiger charge is 2.10. The number of nitro groups is 2. The van der Waals surface area contributed by atoms with Gasteiger partial charge in [-0.05, 0) is 18.2 Å². The van der Waals surface area contributed by atoms with Crippen molar-refractivity contribution in [3.8, 4) is 0 Å². The Hall–Kier alpha value is -3.27. The normalized spacial score (nSPS) is 11.1. The highest BCUT2D eigenvalue weighted by atomic mass is 32.1. The van der Waals surface area contributed by atoms with Crippen molar-refractivity contribution in [2.75, 3.05) is 0 Å². The van der Waals surface area contributed by atoms with Gasteiger partial charge in [-0.2, -0.15) is 0 Å². The number of nitrogens with zero attached hydrogens (tertiary/aromatic N) is 5. The van der Waals surface area contributed by atoms with Crippen LogP contribution >= 0.6 is 11.3 Å². The lowest BCUT2D eigenvalue weighted by molar-refractivity contribution is -0.385. The fourth-order valence-corrected chi connectivity index (χ4v) is 2.62. The van der Waals surface area contributed by atoms with Gasteiger partial charge in [-0.25, -0.2) is 4.98 Å². The van der Waals surface area contributed by atoms with Crippen LogP contribution in [0.5, 0.6) is 0 Å². The maximum absolute atomic E-state index is 10.7. The fraction of sp³-hybridized carbons (Fsp3) is 0. The predicted molar refractivity (Wildman–Crippen MR) is 83.5 cm³/mol. The highest BCUT2D eigenvalue weighted by molar-refractivity contribution is 7.21. The van der Waals surface area contributed by atoms with Crippen molar-refractivity contribution in [2.24, 2.45) is 10.2 Å². The summed E-state index contributed by atoms with van der Waals surface area (Å²) in [5.41, 5.74) is 0.996. The van der Waals surface area contributed by atoms with Crippen LogP contribution in [0.15, 0.2) is 52.7 Å². The van der Waals surface area contributed by atoms with Gasteiger partial charge in [-0.1, -0.05) is 11.3 Å². The molecule has 1 aromatic heterocycles. The molecule has 0 amide bonds. The molecule has 0 atom stereocenters. The molecule has 23 heavy (non-hydrogen) atoms. The van der Waals surface area contributed by atoms with Crippen LogP contribution in [0.1, 0.15) is 0 Å². The van der Waals surface area contributed by atoms with Gasteiger partial charge in [-0.15, -0.1) is 10.2 Å². The average Bonchev–Trinajstić information content (AvgIpc) is 2.95. The molecule has 9 nitrogen and oxygen atoms in total. The maximum atomic E-state index is 10.7. The minimum absolute atomic E-state index is 0.0139. The monoisotopic (exact) mass is 329 g/mol. The number of aromatic nitrogens is 1. The molecular weight excluding hydrogens is 322 g/mol. The summed E-state index contributed by atoms with van der Waals surface area (Å²) in [6.45, 7) is 0. The molecule has 0 bridgehead atoms. The Kier molecular flexibility index (Phi) is 3.73. The Morgan fingerprint density at radius 2 is 1.57 bits per heavy atom. The largest absolute Gasteiger partial charge is 0.270 e. The maximum Gasteiger partial charge on any atom is 0.270 e. The van der Waals surface area contributed by atoms with E-state index in [0.29, 0.717) is 21.0 Å². The smallest absolute Gasteiger partial charge is 0.258 e. The van der Waals surface area contributed by atoms with E-state index in [1.54, 1.807) is 6.07 Å². The molecule has 0 aliphatic rings. The van der Waals surface area contributed by atoms with Crippen LogP contribution in [0.4, 0.5) is 22.2 Å². The first kappa shape index (κ1) is 14.7. The highest BCUT2D eigenvalue weighted by Crippen LogP contribution is 2.31. The van der Waals surface area contributed by atoms with Crippen LogP contribution in [0.3, 0.4) is 0 Å². The third-order valence-electron chi connectivity index (χ3n) is 2.88. The van der Waals surface area contributed by atoms with Crippen molar-refractivity contribution in [2.45, 2.75) is 0 Å². The molecule has 0 spiro atoms. The molecule has 0 aliphatic heterocycles. The van der Waals surface area contributed by atoms with Crippen LogP contribution in [0, 0.1) is 20.2 Å². The standard InChI is InChI=1S/C13H7N5O4S/c19-17(20)9-3-1-8(2-4-9)15-16-13-14-11-6-5-10(18(21)22)7-12(11)23-13/h1-7H. The number of nitro benzene ring substituents is 2. The van der Waals surface area contributed by atoms with E-state index in [9.17, 15) is 20.2 Å². The molecule has 114 valence electrons. The summed E-state index contributed by atoms with van der Waals surface area (Å²) in [4.78, 5) is 24.5. The van der Waals surface area contributed by atoms with Crippen LogP contribution in [-0.2, 0) is 0 Å². The molecule has 10 heteroatoms. The summed E-state index contributed by atoms with van der Waals surface area (Å²) in [6, 6.07) is 9.96. The van der Waals surface area contributed by atoms with Gasteiger partial charge in [0.15, 0.2) is 0 Å². The number of hydrogen-bond donors (Lipinski definition) is 0. The van der Waals surface area contributed by atoms with Gasteiger partial charge < -0.3 is 0 Å². The molecule has 0 aliphatic carbocycles. The summed E-state index contributed by atoms with van der Waals surface area (Å²) < 4.78 is 0.636. The molecular formula is C13H7N5O4S. The molecule has 2 aromatic carbocycles. The number of rotatable bonds is 4. The van der Waals surface area contributed by atoms with Gasteiger partial charge in [0, 0.05) is 24.3 Å². The van der Waals surface area contributed by atoms with E-state index in [0.717, 1.165) is 0 Å². The van der Waals surface area contributed by atoms with Crippen molar-refractivity contribution in [3.05, 3.63) is 62.7 Å². The van der Waals surface area contributed by atoms with Gasteiger partial charge in [0.25, 0.3) is 11.4 Å². The van der Waals surface area contributed by atoms with Gasteiger partial charge in [0.05, 0.1) is 25.8 Å². The molecule has 0 unspecified atom stereocenters. The Balaban J connectivity index is 1.85. The minimum atomic E-state index is -0.499. The van der Waals surface area contributed by atoms with Crippen LogP contribution in [-0.4, -0.2) is 14.8 Å². The van der Waals surface area contributed by atoms with Gasteiger partial charge in [0.1, 0.15) is 0 Å². The Bertz CT molecular complexity index is 935. The number of thiazole rings is 1. The summed E-state index contributed by atoms with van der Waals surface area (Å²) >= 11 is 1.17. The first-order valence-corrected chi connectivity index (χ1v) is 7.06. The molecule has 1 heterocycles. The van der Waals surface area contributed by atoms with Crippen molar-refractivity contribution in [1.82, 2.24) is 4.98 Å². The molecule has 3 aromatic rings. The summed E-state index contributed by atoms with van der Waals surface area (Å²) in [5.74, 6) is 0. The van der Waals surface area contributed by atoms with Crippen LogP contribution in [0.2, 0.25) is 0 Å². The summed E-state index contributed by atoms with van der Waals surface area (Å²) in [6.07, 6.45) is 0. The van der Waals surface area contributed by atoms with E-state index in [-0.39, 0.29) is 11.4 Å². The van der Waals surface area contributed by atoms with E-state index in [1.165, 1.54) is 47.7 Å². The SMILES string of the molecule is O=[N+]([O-])c1ccc(N=Nc2nc3ccc([N+](=O)[O-])cc3s2)cc1. The second-order valence-corrected chi connectivity index (χ2v) is 5.39. The third-order valence-corrected chi connectivity index (χ3v) is 3.79. The molecule has 0 saturated carbocycles. The average molecular weight is 329 g/mol. The number of fused-ring (bicyclic) bond motifs is 1. The molecule has 3 rings (SSSR count). The Morgan fingerprint density at radius 1 is 0.913 bits per heavy atom. The topological polar surface area (TPSA) is 124 Å².